The van der Waals surface area contributed by atoms with Crippen LogP contribution in [0, 0.1) is 0 Å². The van der Waals surface area contributed by atoms with E-state index in [1.54, 1.807) is 0 Å². The molecule has 2 N–H and O–H groups in total. The first-order chi connectivity index (χ1) is 10.1. The van der Waals surface area contributed by atoms with Gasteiger partial charge >= 0.3 is 0 Å². The molecule has 110 valence electrons. The molecule has 0 aromatic heterocycles. The van der Waals surface area contributed by atoms with E-state index >= 15 is 0 Å². The van der Waals surface area contributed by atoms with Crippen molar-refractivity contribution in [2.24, 2.45) is 0 Å². The molecule has 0 bridgehead atoms. The molecular formula is C17H18Cl2N2. The summed E-state index contributed by atoms with van der Waals surface area (Å²) in [5.41, 5.74) is 10.7. The minimum absolute atomic E-state index is 0.670. The van der Waals surface area contributed by atoms with Crippen LogP contribution in [-0.2, 0) is 19.4 Å². The summed E-state index contributed by atoms with van der Waals surface area (Å²) < 4.78 is 0. The summed E-state index contributed by atoms with van der Waals surface area (Å²) >= 11 is 12.0. The molecule has 1 heterocycles. The minimum atomic E-state index is 0.670. The van der Waals surface area contributed by atoms with Gasteiger partial charge in [0.1, 0.15) is 0 Å². The Morgan fingerprint density at radius 3 is 2.57 bits per heavy atom. The van der Waals surface area contributed by atoms with E-state index in [1.165, 1.54) is 16.7 Å². The zero-order valence-electron chi connectivity index (χ0n) is 11.8. The zero-order chi connectivity index (χ0) is 14.8. The van der Waals surface area contributed by atoms with Gasteiger partial charge in [0.25, 0.3) is 0 Å². The smallest absolute Gasteiger partial charge is 0.0638 e. The third kappa shape index (κ3) is 3.34. The number of anilines is 1. The molecule has 0 aliphatic carbocycles. The highest BCUT2D eigenvalue weighted by Crippen LogP contribution is 2.30. The molecule has 4 heteroatoms. The number of nitrogen functional groups attached to an aromatic ring is 1. The van der Waals surface area contributed by atoms with Gasteiger partial charge in [-0.25, -0.2) is 0 Å². The van der Waals surface area contributed by atoms with Crippen molar-refractivity contribution in [2.45, 2.75) is 19.4 Å². The van der Waals surface area contributed by atoms with E-state index in [0.717, 1.165) is 43.2 Å². The highest BCUT2D eigenvalue weighted by molar-refractivity contribution is 6.33. The van der Waals surface area contributed by atoms with Crippen molar-refractivity contribution in [2.75, 3.05) is 18.8 Å². The second-order valence-electron chi connectivity index (χ2n) is 5.50. The topological polar surface area (TPSA) is 29.3 Å². The Kier molecular flexibility index (Phi) is 4.39. The highest BCUT2D eigenvalue weighted by atomic mass is 35.5. The van der Waals surface area contributed by atoms with E-state index in [1.807, 2.05) is 18.2 Å². The van der Waals surface area contributed by atoms with Gasteiger partial charge in [0.2, 0.25) is 0 Å². The lowest BCUT2D eigenvalue weighted by Gasteiger charge is -2.29. The summed E-state index contributed by atoms with van der Waals surface area (Å²) in [6.07, 6.45) is 2.01. The number of hydrogen-bond acceptors (Lipinski definition) is 2. The molecule has 2 aromatic carbocycles. The average Bonchev–Trinajstić information content (AvgIpc) is 2.50. The van der Waals surface area contributed by atoms with Gasteiger partial charge < -0.3 is 5.73 Å². The Morgan fingerprint density at radius 1 is 1.05 bits per heavy atom. The van der Waals surface area contributed by atoms with Crippen LogP contribution in [-0.4, -0.2) is 18.0 Å². The molecule has 0 amide bonds. The fraction of sp³-hybridized carbons (Fsp3) is 0.294. The summed E-state index contributed by atoms with van der Waals surface area (Å²) in [6, 6.07) is 12.1. The van der Waals surface area contributed by atoms with E-state index < -0.39 is 0 Å². The van der Waals surface area contributed by atoms with Crippen molar-refractivity contribution < 1.29 is 0 Å². The van der Waals surface area contributed by atoms with Crippen molar-refractivity contribution in [3.63, 3.8) is 0 Å². The summed E-state index contributed by atoms with van der Waals surface area (Å²) in [6.45, 7) is 3.03. The maximum Gasteiger partial charge on any atom is 0.0638 e. The van der Waals surface area contributed by atoms with Gasteiger partial charge in [-0.3, -0.25) is 4.90 Å². The Bertz CT molecular complexity index is 638. The van der Waals surface area contributed by atoms with Crippen LogP contribution in [0.5, 0.6) is 0 Å². The molecule has 2 nitrogen and oxygen atoms in total. The molecule has 1 aliphatic rings. The molecule has 21 heavy (non-hydrogen) atoms. The van der Waals surface area contributed by atoms with E-state index in [9.17, 15) is 0 Å². The zero-order valence-corrected chi connectivity index (χ0v) is 13.3. The van der Waals surface area contributed by atoms with Crippen LogP contribution < -0.4 is 5.73 Å². The molecule has 0 atom stereocenters. The normalized spacial score (nSPS) is 15.0. The number of halogens is 2. The first-order valence-electron chi connectivity index (χ1n) is 7.16. The van der Waals surface area contributed by atoms with Crippen LogP contribution in [0.3, 0.4) is 0 Å². The minimum Gasteiger partial charge on any atom is -0.397 e. The van der Waals surface area contributed by atoms with E-state index in [-0.39, 0.29) is 0 Å². The average molecular weight is 321 g/mol. The fourth-order valence-electron chi connectivity index (χ4n) is 2.84. The third-order valence-electron chi connectivity index (χ3n) is 4.10. The number of nitrogens with two attached hydrogens (primary N) is 1. The summed E-state index contributed by atoms with van der Waals surface area (Å²) in [5.74, 6) is 0. The van der Waals surface area contributed by atoms with Gasteiger partial charge in [0.15, 0.2) is 0 Å². The molecular weight excluding hydrogens is 303 g/mol. The molecule has 3 rings (SSSR count). The fourth-order valence-corrected chi connectivity index (χ4v) is 3.15. The first-order valence-corrected chi connectivity index (χ1v) is 7.91. The molecule has 0 saturated heterocycles. The molecule has 0 radical (unpaired) electrons. The lowest BCUT2D eigenvalue weighted by molar-refractivity contribution is 0.258. The van der Waals surface area contributed by atoms with Crippen molar-refractivity contribution in [1.82, 2.24) is 4.90 Å². The third-order valence-corrected chi connectivity index (χ3v) is 4.68. The lowest BCUT2D eigenvalue weighted by Crippen LogP contribution is -2.32. The van der Waals surface area contributed by atoms with Crippen LogP contribution >= 0.6 is 23.2 Å². The lowest BCUT2D eigenvalue weighted by atomic mass is 9.97. The second-order valence-corrected chi connectivity index (χ2v) is 6.34. The Hall–Kier alpha value is -1.22. The molecule has 2 aromatic rings. The van der Waals surface area contributed by atoms with Crippen LogP contribution in [0.4, 0.5) is 5.69 Å². The second kappa shape index (κ2) is 6.27. The maximum atomic E-state index is 6.09. The Morgan fingerprint density at radius 2 is 1.81 bits per heavy atom. The first kappa shape index (κ1) is 14.7. The number of fused-ring (bicyclic) bond motifs is 1. The van der Waals surface area contributed by atoms with Crippen molar-refractivity contribution in [3.05, 3.63) is 63.1 Å². The van der Waals surface area contributed by atoms with Crippen LogP contribution in [0.15, 0.2) is 36.4 Å². The van der Waals surface area contributed by atoms with Gasteiger partial charge in [0, 0.05) is 24.7 Å². The number of benzene rings is 2. The number of nitrogens with zero attached hydrogens (tertiary/aromatic N) is 1. The van der Waals surface area contributed by atoms with Gasteiger partial charge in [-0.1, -0.05) is 41.4 Å². The number of rotatable bonds is 3. The SMILES string of the molecule is Nc1c(Cl)ccc2c1CCN(CCc1ccc(Cl)cc1)C2. The molecule has 0 fully saturated rings. The highest BCUT2D eigenvalue weighted by Gasteiger charge is 2.19. The Balaban J connectivity index is 1.64. The quantitative estimate of drug-likeness (QED) is 0.860. The van der Waals surface area contributed by atoms with Crippen molar-refractivity contribution in [3.8, 4) is 0 Å². The largest absolute Gasteiger partial charge is 0.397 e. The molecule has 0 unspecified atom stereocenters. The van der Waals surface area contributed by atoms with E-state index in [4.69, 9.17) is 28.9 Å². The van der Waals surface area contributed by atoms with E-state index in [0.29, 0.717) is 5.02 Å². The summed E-state index contributed by atoms with van der Waals surface area (Å²) in [7, 11) is 0. The van der Waals surface area contributed by atoms with Crippen molar-refractivity contribution in [1.29, 1.82) is 0 Å². The van der Waals surface area contributed by atoms with E-state index in [2.05, 4.69) is 23.1 Å². The van der Waals surface area contributed by atoms with Crippen LogP contribution in [0.25, 0.3) is 0 Å². The predicted octanol–water partition coefficient (Wildman–Crippen LogP) is 4.18. The van der Waals surface area contributed by atoms with Crippen molar-refractivity contribution >= 4 is 28.9 Å². The summed E-state index contributed by atoms with van der Waals surface area (Å²) in [5, 5.41) is 1.46. The summed E-state index contributed by atoms with van der Waals surface area (Å²) in [4.78, 5) is 2.46. The van der Waals surface area contributed by atoms with Gasteiger partial charge in [-0.05, 0) is 47.7 Å². The molecule has 0 saturated carbocycles. The van der Waals surface area contributed by atoms with Gasteiger partial charge in [-0.15, -0.1) is 0 Å². The van der Waals surface area contributed by atoms with Gasteiger partial charge in [0.05, 0.1) is 10.7 Å². The molecule has 1 aliphatic heterocycles. The predicted molar refractivity (Wildman–Crippen MR) is 90.0 cm³/mol. The monoisotopic (exact) mass is 320 g/mol. The van der Waals surface area contributed by atoms with Crippen LogP contribution in [0.2, 0.25) is 10.0 Å². The maximum absolute atomic E-state index is 6.09. The van der Waals surface area contributed by atoms with Gasteiger partial charge in [-0.2, -0.15) is 0 Å². The Labute approximate surface area is 135 Å². The molecule has 0 spiro atoms. The standard InChI is InChI=1S/C17H18Cl2N2/c18-14-4-1-12(2-5-14)7-9-21-10-8-15-13(11-21)3-6-16(19)17(15)20/h1-6H,7-11,20H2. The van der Waals surface area contributed by atoms with Crippen LogP contribution in [0.1, 0.15) is 16.7 Å². The number of hydrogen-bond donors (Lipinski definition) is 1.